The molecule has 0 amide bonds. The molecule has 0 saturated heterocycles. The molecule has 1 aliphatic rings. The van der Waals surface area contributed by atoms with Crippen molar-refractivity contribution < 1.29 is 8.78 Å². The van der Waals surface area contributed by atoms with Gasteiger partial charge in [-0.25, -0.2) is 8.78 Å². The lowest BCUT2D eigenvalue weighted by Crippen LogP contribution is -2.35. The quantitative estimate of drug-likeness (QED) is 0.848. The molecule has 1 nitrogen and oxygen atoms in total. The first-order valence-electron chi connectivity index (χ1n) is 6.76. The Balaban J connectivity index is 2.38. The molecule has 1 aromatic rings. The minimum atomic E-state index is -0.753. The Morgan fingerprint density at radius 3 is 2.56 bits per heavy atom. The molecule has 2 rings (SSSR count). The Morgan fingerprint density at radius 2 is 1.94 bits per heavy atom. The van der Waals surface area contributed by atoms with Gasteiger partial charge in [0.25, 0.3) is 0 Å². The van der Waals surface area contributed by atoms with Crippen LogP contribution in [-0.4, -0.2) is 6.54 Å². The molecule has 1 N–H and O–H groups in total. The van der Waals surface area contributed by atoms with Gasteiger partial charge in [-0.3, -0.25) is 0 Å². The van der Waals surface area contributed by atoms with Crippen LogP contribution in [0.3, 0.4) is 0 Å². The Hall–Kier alpha value is -0.960. The zero-order chi connectivity index (χ0) is 13.2. The molecule has 1 unspecified atom stereocenters. The van der Waals surface area contributed by atoms with Crippen LogP contribution in [0.15, 0.2) is 18.2 Å². The maximum absolute atomic E-state index is 14.0. The van der Waals surface area contributed by atoms with Gasteiger partial charge >= 0.3 is 0 Å². The normalized spacial score (nSPS) is 20.0. The van der Waals surface area contributed by atoms with Crippen molar-refractivity contribution in [2.24, 2.45) is 5.41 Å². The topological polar surface area (TPSA) is 12.0 Å². The molecule has 0 radical (unpaired) electrons. The molecule has 0 heterocycles. The van der Waals surface area contributed by atoms with E-state index in [9.17, 15) is 8.78 Å². The molecular formula is C15H21F2N. The zero-order valence-corrected chi connectivity index (χ0v) is 11.1. The molecular weight excluding hydrogens is 232 g/mol. The summed E-state index contributed by atoms with van der Waals surface area (Å²) in [6.07, 6.45) is 4.49. The number of halogens is 2. The van der Waals surface area contributed by atoms with E-state index < -0.39 is 11.6 Å². The predicted molar refractivity (Wildman–Crippen MR) is 69.4 cm³/mol. The van der Waals surface area contributed by atoms with Crippen molar-refractivity contribution in [2.75, 3.05) is 6.54 Å². The third kappa shape index (κ3) is 2.41. The molecule has 1 aromatic carbocycles. The van der Waals surface area contributed by atoms with Crippen LogP contribution in [0.1, 0.15) is 51.1 Å². The number of benzene rings is 1. The monoisotopic (exact) mass is 253 g/mol. The maximum Gasteiger partial charge on any atom is 0.163 e. The molecule has 18 heavy (non-hydrogen) atoms. The van der Waals surface area contributed by atoms with Crippen molar-refractivity contribution in [3.05, 3.63) is 35.4 Å². The molecule has 1 fully saturated rings. The second-order valence-electron chi connectivity index (χ2n) is 5.49. The predicted octanol–water partition coefficient (Wildman–Crippen LogP) is 4.20. The molecule has 0 aromatic heterocycles. The lowest BCUT2D eigenvalue weighted by molar-refractivity contribution is 0.220. The van der Waals surface area contributed by atoms with E-state index in [4.69, 9.17) is 0 Å². The number of hydrogen-bond acceptors (Lipinski definition) is 1. The molecule has 3 heteroatoms. The van der Waals surface area contributed by atoms with Crippen LogP contribution in [0, 0.1) is 17.0 Å². The third-order valence-electron chi connectivity index (χ3n) is 4.14. The van der Waals surface area contributed by atoms with E-state index in [0.29, 0.717) is 5.56 Å². The van der Waals surface area contributed by atoms with E-state index in [-0.39, 0.29) is 11.5 Å². The van der Waals surface area contributed by atoms with Crippen molar-refractivity contribution in [1.29, 1.82) is 0 Å². The van der Waals surface area contributed by atoms with E-state index in [0.717, 1.165) is 19.4 Å². The van der Waals surface area contributed by atoms with Crippen LogP contribution in [0.4, 0.5) is 8.78 Å². The molecule has 0 spiro atoms. The second kappa shape index (κ2) is 5.35. The summed E-state index contributed by atoms with van der Waals surface area (Å²) in [6, 6.07) is 4.38. The van der Waals surface area contributed by atoms with Gasteiger partial charge in [0.05, 0.1) is 0 Å². The van der Waals surface area contributed by atoms with Crippen LogP contribution < -0.4 is 5.32 Å². The van der Waals surface area contributed by atoms with Gasteiger partial charge < -0.3 is 5.32 Å². The Morgan fingerprint density at radius 1 is 1.28 bits per heavy atom. The van der Waals surface area contributed by atoms with Gasteiger partial charge in [0.1, 0.15) is 0 Å². The van der Waals surface area contributed by atoms with Crippen molar-refractivity contribution in [3.8, 4) is 0 Å². The largest absolute Gasteiger partial charge is 0.310 e. The summed E-state index contributed by atoms with van der Waals surface area (Å²) in [5, 5.41) is 3.34. The highest BCUT2D eigenvalue weighted by Crippen LogP contribution is 2.47. The fourth-order valence-electron chi connectivity index (χ4n) is 3.15. The number of nitrogens with one attached hydrogen (secondary N) is 1. The maximum atomic E-state index is 14.0. The minimum Gasteiger partial charge on any atom is -0.310 e. The van der Waals surface area contributed by atoms with Gasteiger partial charge in [-0.05, 0) is 30.9 Å². The average molecular weight is 253 g/mol. The lowest BCUT2D eigenvalue weighted by atomic mass is 9.77. The van der Waals surface area contributed by atoms with Crippen LogP contribution in [0.2, 0.25) is 0 Å². The lowest BCUT2D eigenvalue weighted by Gasteiger charge is -2.35. The highest BCUT2D eigenvalue weighted by Gasteiger charge is 2.38. The Labute approximate surface area is 108 Å². The van der Waals surface area contributed by atoms with Crippen molar-refractivity contribution in [2.45, 2.75) is 45.6 Å². The van der Waals surface area contributed by atoms with Crippen molar-refractivity contribution in [1.82, 2.24) is 5.32 Å². The molecule has 1 atom stereocenters. The summed E-state index contributed by atoms with van der Waals surface area (Å²) in [4.78, 5) is 0. The molecule has 100 valence electrons. The standard InChI is InChI=1S/C15H21F2N/c1-3-18-14(15(2)9-4-5-10-15)11-7-6-8-12(16)13(11)17/h6-8,14,18H,3-5,9-10H2,1-2H3. The van der Waals surface area contributed by atoms with Crippen molar-refractivity contribution >= 4 is 0 Å². The number of rotatable bonds is 4. The summed E-state index contributed by atoms with van der Waals surface area (Å²) in [7, 11) is 0. The highest BCUT2D eigenvalue weighted by atomic mass is 19.2. The van der Waals surface area contributed by atoms with E-state index >= 15 is 0 Å². The van der Waals surface area contributed by atoms with Crippen LogP contribution >= 0.6 is 0 Å². The summed E-state index contributed by atoms with van der Waals surface area (Å²) >= 11 is 0. The molecule has 1 aliphatic carbocycles. The van der Waals surface area contributed by atoms with Gasteiger partial charge in [-0.15, -0.1) is 0 Å². The fraction of sp³-hybridized carbons (Fsp3) is 0.600. The first kappa shape index (κ1) is 13.5. The number of hydrogen-bond donors (Lipinski definition) is 1. The first-order valence-corrected chi connectivity index (χ1v) is 6.76. The Bertz CT molecular complexity index is 411. The van der Waals surface area contributed by atoms with E-state index in [1.165, 1.54) is 18.9 Å². The minimum absolute atomic E-state index is 0.0324. The van der Waals surface area contributed by atoms with Crippen LogP contribution in [-0.2, 0) is 0 Å². The molecule has 1 saturated carbocycles. The smallest absolute Gasteiger partial charge is 0.163 e. The van der Waals surface area contributed by atoms with Gasteiger partial charge in [0, 0.05) is 11.6 Å². The SMILES string of the molecule is CCNC(c1cccc(F)c1F)C1(C)CCCC1. The summed E-state index contributed by atoms with van der Waals surface area (Å²) in [6.45, 7) is 4.94. The average Bonchev–Trinajstić information content (AvgIpc) is 2.78. The second-order valence-corrected chi connectivity index (χ2v) is 5.49. The summed E-state index contributed by atoms with van der Waals surface area (Å²) in [5.74, 6) is -1.45. The van der Waals surface area contributed by atoms with Gasteiger partial charge in [0.2, 0.25) is 0 Å². The van der Waals surface area contributed by atoms with Gasteiger partial charge in [-0.2, -0.15) is 0 Å². The van der Waals surface area contributed by atoms with E-state index in [1.807, 2.05) is 6.92 Å². The van der Waals surface area contributed by atoms with Crippen LogP contribution in [0.25, 0.3) is 0 Å². The summed E-state index contributed by atoms with van der Waals surface area (Å²) < 4.78 is 27.4. The Kier molecular flexibility index (Phi) is 4.00. The molecule has 0 aliphatic heterocycles. The fourth-order valence-corrected chi connectivity index (χ4v) is 3.15. The first-order chi connectivity index (χ1) is 8.58. The van der Waals surface area contributed by atoms with Gasteiger partial charge in [0.15, 0.2) is 11.6 Å². The van der Waals surface area contributed by atoms with Crippen molar-refractivity contribution in [3.63, 3.8) is 0 Å². The molecule has 0 bridgehead atoms. The van der Waals surface area contributed by atoms with E-state index in [2.05, 4.69) is 12.2 Å². The van der Waals surface area contributed by atoms with Gasteiger partial charge in [-0.1, -0.05) is 38.8 Å². The third-order valence-corrected chi connectivity index (χ3v) is 4.14. The zero-order valence-electron chi connectivity index (χ0n) is 11.1. The highest BCUT2D eigenvalue weighted by molar-refractivity contribution is 5.25. The van der Waals surface area contributed by atoms with Crippen LogP contribution in [0.5, 0.6) is 0 Å². The summed E-state index contributed by atoms with van der Waals surface area (Å²) in [5.41, 5.74) is 0.506. The van der Waals surface area contributed by atoms with E-state index in [1.54, 1.807) is 12.1 Å².